The molecule has 1 aromatic carbocycles. The van der Waals surface area contributed by atoms with Crippen LogP contribution in [0.25, 0.3) is 17.1 Å². The second-order valence-electron chi connectivity index (χ2n) is 6.40. The molecule has 0 aliphatic heterocycles. The lowest BCUT2D eigenvalue weighted by Crippen LogP contribution is -2.24. The number of aromatic nitrogens is 4. The van der Waals surface area contributed by atoms with Gasteiger partial charge in [0.1, 0.15) is 0 Å². The molecule has 0 aliphatic rings. The number of halogens is 1. The Bertz CT molecular complexity index is 855. The van der Waals surface area contributed by atoms with E-state index in [9.17, 15) is 0 Å². The number of likely N-dealkylation sites (N-methyl/N-ethyl adjacent to an activating group) is 1. The Hall–Kier alpha value is -2.18. The predicted molar refractivity (Wildman–Crippen MR) is 98.2 cm³/mol. The van der Waals surface area contributed by atoms with Gasteiger partial charge in [0.05, 0.1) is 23.1 Å². The van der Waals surface area contributed by atoms with E-state index in [0.717, 1.165) is 16.9 Å². The summed E-state index contributed by atoms with van der Waals surface area (Å²) in [6.07, 6.45) is 2.48. The first-order valence-corrected chi connectivity index (χ1v) is 8.71. The van der Waals surface area contributed by atoms with Crippen molar-refractivity contribution < 1.29 is 4.52 Å². The van der Waals surface area contributed by atoms with Crippen LogP contribution in [0.3, 0.4) is 0 Å². The van der Waals surface area contributed by atoms with Crippen LogP contribution in [-0.2, 0) is 6.42 Å². The number of hydrogen-bond donors (Lipinski definition) is 1. The lowest BCUT2D eigenvalue weighted by Gasteiger charge is -2.11. The minimum absolute atomic E-state index is 0.225. The van der Waals surface area contributed by atoms with Gasteiger partial charge in [0, 0.05) is 17.5 Å². The van der Waals surface area contributed by atoms with Crippen molar-refractivity contribution in [3.63, 3.8) is 0 Å². The van der Waals surface area contributed by atoms with Gasteiger partial charge < -0.3 is 9.84 Å². The minimum Gasteiger partial charge on any atom is -0.334 e. The van der Waals surface area contributed by atoms with Gasteiger partial charge >= 0.3 is 0 Å². The lowest BCUT2D eigenvalue weighted by molar-refractivity contribution is 0.417. The van der Waals surface area contributed by atoms with Crippen LogP contribution in [0.15, 0.2) is 35.0 Å². The van der Waals surface area contributed by atoms with E-state index in [1.807, 2.05) is 36.0 Å². The molecule has 1 atom stereocenters. The van der Waals surface area contributed by atoms with E-state index in [-0.39, 0.29) is 12.0 Å². The molecular formula is C18H22ClN5O. The highest BCUT2D eigenvalue weighted by molar-refractivity contribution is 6.30. The van der Waals surface area contributed by atoms with Gasteiger partial charge in [-0.05, 0) is 38.1 Å². The number of benzene rings is 1. The maximum atomic E-state index is 6.13. The van der Waals surface area contributed by atoms with Gasteiger partial charge in [0.25, 0.3) is 5.89 Å². The van der Waals surface area contributed by atoms with E-state index in [2.05, 4.69) is 41.3 Å². The molecule has 0 bridgehead atoms. The number of hydrogen-bond acceptors (Lipinski definition) is 5. The first-order chi connectivity index (χ1) is 12.0. The van der Waals surface area contributed by atoms with Gasteiger partial charge in [-0.1, -0.05) is 36.7 Å². The van der Waals surface area contributed by atoms with Gasteiger partial charge in [-0.25, -0.2) is 4.68 Å². The molecule has 2 aromatic heterocycles. The summed E-state index contributed by atoms with van der Waals surface area (Å²) in [7, 11) is 1.91. The van der Waals surface area contributed by atoms with Crippen molar-refractivity contribution in [2.45, 2.75) is 39.2 Å². The van der Waals surface area contributed by atoms with E-state index in [0.29, 0.717) is 23.2 Å². The highest BCUT2D eigenvalue weighted by Crippen LogP contribution is 2.30. The van der Waals surface area contributed by atoms with E-state index >= 15 is 0 Å². The third-order valence-corrected chi connectivity index (χ3v) is 4.32. The zero-order chi connectivity index (χ0) is 18.0. The average Bonchev–Trinajstić information content (AvgIpc) is 3.21. The molecule has 0 fully saturated rings. The molecule has 25 heavy (non-hydrogen) atoms. The van der Waals surface area contributed by atoms with Gasteiger partial charge in [0.2, 0.25) is 0 Å². The molecule has 3 rings (SSSR count). The number of nitrogens with zero attached hydrogens (tertiary/aromatic N) is 4. The van der Waals surface area contributed by atoms with Crippen LogP contribution in [0.1, 0.15) is 38.2 Å². The summed E-state index contributed by atoms with van der Waals surface area (Å²) >= 11 is 6.13. The highest BCUT2D eigenvalue weighted by atomic mass is 35.5. The highest BCUT2D eigenvalue weighted by Gasteiger charge is 2.21. The van der Waals surface area contributed by atoms with Crippen LogP contribution in [0.4, 0.5) is 0 Å². The fourth-order valence-corrected chi connectivity index (χ4v) is 2.90. The van der Waals surface area contributed by atoms with Gasteiger partial charge in [0.15, 0.2) is 5.82 Å². The van der Waals surface area contributed by atoms with Gasteiger partial charge in [-0.15, -0.1) is 0 Å². The molecule has 132 valence electrons. The van der Waals surface area contributed by atoms with Crippen LogP contribution in [0, 0.1) is 0 Å². The molecule has 3 aromatic rings. The summed E-state index contributed by atoms with van der Waals surface area (Å²) in [4.78, 5) is 4.54. The maximum absolute atomic E-state index is 6.13. The van der Waals surface area contributed by atoms with Crippen molar-refractivity contribution in [1.29, 1.82) is 0 Å². The smallest absolute Gasteiger partial charge is 0.261 e. The van der Waals surface area contributed by atoms with Crippen molar-refractivity contribution in [2.75, 3.05) is 7.05 Å². The molecule has 2 heterocycles. The molecule has 0 aliphatic carbocycles. The molecule has 6 nitrogen and oxygen atoms in total. The van der Waals surface area contributed by atoms with Crippen LogP contribution in [0.5, 0.6) is 0 Å². The second-order valence-corrected chi connectivity index (χ2v) is 6.84. The largest absolute Gasteiger partial charge is 0.334 e. The summed E-state index contributed by atoms with van der Waals surface area (Å²) in [5, 5.41) is 12.5. The summed E-state index contributed by atoms with van der Waals surface area (Å²) in [6, 6.07) is 7.90. The minimum atomic E-state index is 0.225. The van der Waals surface area contributed by atoms with Crippen molar-refractivity contribution in [2.24, 2.45) is 0 Å². The van der Waals surface area contributed by atoms with E-state index in [1.54, 1.807) is 6.20 Å². The predicted octanol–water partition coefficient (Wildman–Crippen LogP) is 3.85. The third kappa shape index (κ3) is 3.75. The Kier molecular flexibility index (Phi) is 5.20. The van der Waals surface area contributed by atoms with Crippen molar-refractivity contribution >= 4 is 11.6 Å². The first-order valence-electron chi connectivity index (χ1n) is 8.33. The molecule has 0 saturated carbocycles. The zero-order valence-electron chi connectivity index (χ0n) is 14.8. The topological polar surface area (TPSA) is 68.8 Å². The van der Waals surface area contributed by atoms with Gasteiger partial charge in [-0.2, -0.15) is 10.1 Å². The Labute approximate surface area is 152 Å². The van der Waals surface area contributed by atoms with E-state index in [4.69, 9.17) is 16.1 Å². The van der Waals surface area contributed by atoms with Crippen molar-refractivity contribution in [1.82, 2.24) is 25.2 Å². The van der Waals surface area contributed by atoms with E-state index < -0.39 is 0 Å². The summed E-state index contributed by atoms with van der Waals surface area (Å²) in [6.45, 7) is 6.30. The van der Waals surface area contributed by atoms with Gasteiger partial charge in [-0.3, -0.25) is 0 Å². The van der Waals surface area contributed by atoms with Crippen LogP contribution in [0.2, 0.25) is 5.02 Å². The molecule has 0 amide bonds. The van der Waals surface area contributed by atoms with E-state index in [1.165, 1.54) is 0 Å². The molecule has 7 heteroatoms. The maximum Gasteiger partial charge on any atom is 0.261 e. The fraction of sp³-hybridized carbons (Fsp3) is 0.389. The van der Waals surface area contributed by atoms with Crippen LogP contribution in [-0.4, -0.2) is 33.0 Å². The molecule has 0 radical (unpaired) electrons. The van der Waals surface area contributed by atoms with Crippen LogP contribution >= 0.6 is 11.6 Å². The normalized spacial score (nSPS) is 12.7. The fourth-order valence-electron chi connectivity index (χ4n) is 2.71. The standard InChI is InChI=1S/C18H22ClN5O/c1-11(2)17-15(18-22-16(23-25-18)8-12(3)20-4)10-21-24(17)14-7-5-6-13(19)9-14/h5-7,9-12,20H,8H2,1-4H3. The number of nitrogens with one attached hydrogen (secondary N) is 1. The zero-order valence-corrected chi connectivity index (χ0v) is 15.6. The molecular weight excluding hydrogens is 338 g/mol. The summed E-state index contributed by atoms with van der Waals surface area (Å²) < 4.78 is 7.37. The number of rotatable bonds is 6. The molecule has 0 spiro atoms. The quantitative estimate of drug-likeness (QED) is 0.724. The Morgan fingerprint density at radius 2 is 2.08 bits per heavy atom. The third-order valence-electron chi connectivity index (χ3n) is 4.09. The van der Waals surface area contributed by atoms with Crippen molar-refractivity contribution in [3.8, 4) is 17.1 Å². The Morgan fingerprint density at radius 3 is 2.76 bits per heavy atom. The summed E-state index contributed by atoms with van der Waals surface area (Å²) in [5.41, 5.74) is 2.77. The lowest BCUT2D eigenvalue weighted by atomic mass is 10.1. The molecule has 1 N–H and O–H groups in total. The summed E-state index contributed by atoms with van der Waals surface area (Å²) in [5.74, 6) is 1.40. The van der Waals surface area contributed by atoms with Crippen LogP contribution < -0.4 is 5.32 Å². The molecule has 1 unspecified atom stereocenters. The molecule has 0 saturated heterocycles. The Balaban J connectivity index is 2.00. The average molecular weight is 360 g/mol. The Morgan fingerprint density at radius 1 is 1.28 bits per heavy atom. The monoisotopic (exact) mass is 359 g/mol. The second kappa shape index (κ2) is 7.37. The van der Waals surface area contributed by atoms with Crippen molar-refractivity contribution in [3.05, 3.63) is 47.0 Å². The first kappa shape index (κ1) is 17.6. The SMILES string of the molecule is CNC(C)Cc1noc(-c2cnn(-c3cccc(Cl)c3)c2C(C)C)n1.